The smallest absolute Gasteiger partial charge is 0.177 e. The number of hydrogen-bond acceptors (Lipinski definition) is 5. The predicted octanol–water partition coefficient (Wildman–Crippen LogP) is 1.58. The molecule has 2 aromatic rings. The summed E-state index contributed by atoms with van der Waals surface area (Å²) in [5.41, 5.74) is 1.20. The van der Waals surface area contributed by atoms with Crippen molar-refractivity contribution < 1.29 is 13.2 Å². The summed E-state index contributed by atoms with van der Waals surface area (Å²) in [6.07, 6.45) is 4.98. The van der Waals surface area contributed by atoms with E-state index in [-0.39, 0.29) is 0 Å². The normalized spacial score (nSPS) is 22.3. The van der Waals surface area contributed by atoms with E-state index in [2.05, 4.69) is 10.00 Å². The van der Waals surface area contributed by atoms with Gasteiger partial charge in [-0.3, -0.25) is 4.68 Å². The van der Waals surface area contributed by atoms with Crippen molar-refractivity contribution in [1.29, 1.82) is 0 Å². The fourth-order valence-corrected chi connectivity index (χ4v) is 3.88. The van der Waals surface area contributed by atoms with E-state index in [9.17, 15) is 8.42 Å². The zero-order valence-electron chi connectivity index (χ0n) is 13.6. The predicted molar refractivity (Wildman–Crippen MR) is 88.3 cm³/mol. The average molecular weight is 335 g/mol. The van der Waals surface area contributed by atoms with Gasteiger partial charge in [0.25, 0.3) is 0 Å². The minimum atomic E-state index is -3.28. The first-order valence-corrected chi connectivity index (χ1v) is 9.36. The Morgan fingerprint density at radius 3 is 2.70 bits per heavy atom. The molecule has 23 heavy (non-hydrogen) atoms. The molecular formula is C16H21N3O3S. The Morgan fingerprint density at radius 1 is 1.30 bits per heavy atom. The molecule has 7 heteroatoms. The molecule has 0 saturated carbocycles. The Labute approximate surface area is 136 Å². The second kappa shape index (κ2) is 5.65. The van der Waals surface area contributed by atoms with Crippen LogP contribution in [0.4, 0.5) is 5.69 Å². The maximum absolute atomic E-state index is 12.1. The first kappa shape index (κ1) is 16.0. The number of rotatable bonds is 3. The van der Waals surface area contributed by atoms with Crippen LogP contribution in [0, 0.1) is 0 Å². The van der Waals surface area contributed by atoms with Crippen LogP contribution in [0.1, 0.15) is 12.5 Å². The number of aromatic nitrogens is 2. The summed E-state index contributed by atoms with van der Waals surface area (Å²) in [4.78, 5) is 2.43. The number of nitrogens with zero attached hydrogens (tertiary/aromatic N) is 3. The van der Waals surface area contributed by atoms with Crippen molar-refractivity contribution in [2.45, 2.75) is 17.4 Å². The van der Waals surface area contributed by atoms with E-state index in [1.165, 1.54) is 6.26 Å². The Balaban J connectivity index is 1.97. The minimum Gasteiger partial charge on any atom is -0.367 e. The number of ether oxygens (including phenoxy) is 1. The number of sulfone groups is 1. The average Bonchev–Trinajstić information content (AvgIpc) is 2.94. The van der Waals surface area contributed by atoms with E-state index in [0.29, 0.717) is 24.6 Å². The third-order valence-electron chi connectivity index (χ3n) is 4.20. The maximum atomic E-state index is 12.1. The molecule has 124 valence electrons. The van der Waals surface area contributed by atoms with E-state index >= 15 is 0 Å². The number of para-hydroxylation sites is 1. The van der Waals surface area contributed by atoms with Crippen LogP contribution in [0.15, 0.2) is 41.6 Å². The number of aryl methyl sites for hydroxylation is 1. The fourth-order valence-electron chi connectivity index (χ4n) is 2.98. The summed E-state index contributed by atoms with van der Waals surface area (Å²) < 4.78 is 31.9. The highest BCUT2D eigenvalue weighted by atomic mass is 32.2. The Kier molecular flexibility index (Phi) is 3.93. The van der Waals surface area contributed by atoms with E-state index in [0.717, 1.165) is 11.3 Å². The Hall–Kier alpha value is -1.86. The number of benzene rings is 1. The molecule has 1 aliphatic rings. The van der Waals surface area contributed by atoms with Crippen molar-refractivity contribution in [2.24, 2.45) is 7.05 Å². The van der Waals surface area contributed by atoms with Crippen LogP contribution < -0.4 is 4.90 Å². The van der Waals surface area contributed by atoms with Gasteiger partial charge in [-0.25, -0.2) is 8.42 Å². The van der Waals surface area contributed by atoms with Crippen LogP contribution in [-0.2, 0) is 27.2 Å². The second-order valence-corrected chi connectivity index (χ2v) is 8.13. The summed E-state index contributed by atoms with van der Waals surface area (Å²) in [5, 5.41) is 4.21. The monoisotopic (exact) mass is 335 g/mol. The highest BCUT2D eigenvalue weighted by Gasteiger charge is 2.36. The lowest BCUT2D eigenvalue weighted by Gasteiger charge is -2.41. The Bertz CT molecular complexity index is 815. The van der Waals surface area contributed by atoms with Crippen molar-refractivity contribution in [2.75, 3.05) is 30.9 Å². The number of anilines is 1. The number of hydrogen-bond donors (Lipinski definition) is 0. The lowest BCUT2D eigenvalue weighted by atomic mass is 9.96. The summed E-state index contributed by atoms with van der Waals surface area (Å²) in [5.74, 6) is 0. The molecule has 1 aromatic heterocycles. The largest absolute Gasteiger partial charge is 0.367 e. The molecule has 1 aliphatic heterocycles. The molecule has 6 nitrogen and oxygen atoms in total. The highest BCUT2D eigenvalue weighted by molar-refractivity contribution is 7.90. The molecule has 1 saturated heterocycles. The van der Waals surface area contributed by atoms with Gasteiger partial charge in [-0.1, -0.05) is 12.1 Å². The molecule has 1 atom stereocenters. The van der Waals surface area contributed by atoms with Crippen molar-refractivity contribution in [3.8, 4) is 0 Å². The lowest BCUT2D eigenvalue weighted by Crippen LogP contribution is -2.48. The molecule has 1 aromatic carbocycles. The van der Waals surface area contributed by atoms with Crippen molar-refractivity contribution in [3.63, 3.8) is 0 Å². The van der Waals surface area contributed by atoms with Gasteiger partial charge in [0.2, 0.25) is 0 Å². The molecule has 0 aliphatic carbocycles. The quantitative estimate of drug-likeness (QED) is 0.852. The number of morpholine rings is 1. The summed E-state index contributed by atoms with van der Waals surface area (Å²) in [6, 6.07) is 7.12. The third kappa shape index (κ3) is 3.11. The molecular weight excluding hydrogens is 314 g/mol. The van der Waals surface area contributed by atoms with Crippen molar-refractivity contribution in [3.05, 3.63) is 42.2 Å². The van der Waals surface area contributed by atoms with Crippen LogP contribution >= 0.6 is 0 Å². The molecule has 0 bridgehead atoms. The van der Waals surface area contributed by atoms with E-state index < -0.39 is 15.4 Å². The van der Waals surface area contributed by atoms with Crippen LogP contribution in [-0.4, -0.2) is 44.2 Å². The molecule has 1 unspecified atom stereocenters. The van der Waals surface area contributed by atoms with Crippen LogP contribution in [0.5, 0.6) is 0 Å². The zero-order valence-corrected chi connectivity index (χ0v) is 14.4. The molecule has 0 spiro atoms. The molecule has 3 rings (SSSR count). The zero-order chi connectivity index (χ0) is 16.7. The van der Waals surface area contributed by atoms with E-state index in [1.807, 2.05) is 32.3 Å². The van der Waals surface area contributed by atoms with Crippen LogP contribution in [0.2, 0.25) is 0 Å². The third-order valence-corrected chi connectivity index (χ3v) is 5.34. The second-order valence-electron chi connectivity index (χ2n) is 6.14. The van der Waals surface area contributed by atoms with Crippen LogP contribution in [0.25, 0.3) is 0 Å². The van der Waals surface area contributed by atoms with Gasteiger partial charge in [0.1, 0.15) is 5.60 Å². The van der Waals surface area contributed by atoms with E-state index in [4.69, 9.17) is 4.74 Å². The van der Waals surface area contributed by atoms with Gasteiger partial charge in [-0.15, -0.1) is 0 Å². The fraction of sp³-hybridized carbons (Fsp3) is 0.438. The summed E-state index contributed by atoms with van der Waals surface area (Å²) >= 11 is 0. The van der Waals surface area contributed by atoms with Gasteiger partial charge in [-0.05, 0) is 19.1 Å². The minimum absolute atomic E-state index is 0.357. The highest BCUT2D eigenvalue weighted by Crippen LogP contribution is 2.34. The van der Waals surface area contributed by atoms with E-state index in [1.54, 1.807) is 23.0 Å². The first-order chi connectivity index (χ1) is 10.8. The molecule has 0 amide bonds. The van der Waals surface area contributed by atoms with Gasteiger partial charge < -0.3 is 9.64 Å². The summed E-state index contributed by atoms with van der Waals surface area (Å²) in [7, 11) is -1.41. The topological polar surface area (TPSA) is 64.4 Å². The SMILES string of the molecule is Cn1cc(C2(C)CN(c3ccccc3S(C)(=O)=O)CCO2)cn1. The van der Waals surface area contributed by atoms with Crippen LogP contribution in [0.3, 0.4) is 0 Å². The van der Waals surface area contributed by atoms with Gasteiger partial charge in [0.15, 0.2) is 9.84 Å². The molecule has 0 N–H and O–H groups in total. The maximum Gasteiger partial charge on any atom is 0.177 e. The van der Waals surface area contributed by atoms with Gasteiger partial charge in [-0.2, -0.15) is 5.10 Å². The molecule has 1 fully saturated rings. The van der Waals surface area contributed by atoms with Gasteiger partial charge in [0.05, 0.1) is 29.9 Å². The standard InChI is InChI=1S/C16H21N3O3S/c1-16(13-10-17-18(2)11-13)12-19(8-9-22-16)14-6-4-5-7-15(14)23(3,20)21/h4-7,10-11H,8-9,12H2,1-3H3. The van der Waals surface area contributed by atoms with Gasteiger partial charge in [0, 0.05) is 31.6 Å². The lowest BCUT2D eigenvalue weighted by molar-refractivity contribution is -0.0467. The first-order valence-electron chi connectivity index (χ1n) is 7.47. The molecule has 2 heterocycles. The van der Waals surface area contributed by atoms with Crippen molar-refractivity contribution in [1.82, 2.24) is 9.78 Å². The van der Waals surface area contributed by atoms with Gasteiger partial charge >= 0.3 is 0 Å². The Morgan fingerprint density at radius 2 is 2.04 bits per heavy atom. The summed E-state index contributed by atoms with van der Waals surface area (Å²) in [6.45, 7) is 3.77. The molecule has 0 radical (unpaired) electrons. The van der Waals surface area contributed by atoms with Crippen molar-refractivity contribution >= 4 is 15.5 Å².